The summed E-state index contributed by atoms with van der Waals surface area (Å²) in [6, 6.07) is 0. The zero-order valence-corrected chi connectivity index (χ0v) is 22.4. The van der Waals surface area contributed by atoms with Gasteiger partial charge in [0, 0.05) is 0 Å². The molecule has 0 aliphatic rings. The molecule has 0 bridgehead atoms. The molecular weight excluding hydrogens is 572 g/mol. The van der Waals surface area contributed by atoms with Crippen LogP contribution in [0, 0.1) is 104 Å². The minimum absolute atomic E-state index is 0. The van der Waals surface area contributed by atoms with Crippen LogP contribution in [0.25, 0.3) is 0 Å². The molecule has 0 spiro atoms. The van der Waals surface area contributed by atoms with E-state index in [1.165, 1.54) is 0 Å². The maximum atomic E-state index is 0. The topological polar surface area (TPSA) is 0 Å². The van der Waals surface area contributed by atoms with Crippen LogP contribution in [-0.2, 0) is 77.9 Å². The average Bonchev–Trinajstić information content (AvgIpc) is 0. The maximum Gasteiger partial charge on any atom is 4.00 e. The molecule has 0 rings (SSSR count). The zero-order valence-electron chi connectivity index (χ0n) is 15.4. The predicted molar refractivity (Wildman–Crippen MR) is 89.8 cm³/mol. The Bertz CT molecular complexity index is 13.8. The minimum Gasteiger partial charge on any atom is -0.358 e. The molecule has 130 valence electrons. The van der Waals surface area contributed by atoms with Crippen molar-refractivity contribution in [3.8, 4) is 0 Å². The first-order valence-electron chi connectivity index (χ1n) is 0. The number of hydrogen-bond acceptors (Lipinski definition) is 0. The van der Waals surface area contributed by atoms with Gasteiger partial charge in [-0.15, -0.1) is 0 Å². The summed E-state index contributed by atoms with van der Waals surface area (Å²) in [6.45, 7) is 0. The minimum atomic E-state index is 0. The summed E-state index contributed by atoms with van der Waals surface area (Å²) in [5.74, 6) is 0. The Labute approximate surface area is 180 Å². The van der Waals surface area contributed by atoms with Crippen molar-refractivity contribution in [1.82, 2.24) is 0 Å². The summed E-state index contributed by atoms with van der Waals surface area (Å²) in [4.78, 5) is 0. The number of hydrogen-bond donors (Lipinski definition) is 0. The van der Waals surface area contributed by atoms with Crippen molar-refractivity contribution in [2.45, 2.75) is 0 Å². The van der Waals surface area contributed by atoms with Gasteiger partial charge in [-0.3, -0.25) is 0 Å². The van der Waals surface area contributed by atoms with Crippen molar-refractivity contribution in [2.75, 3.05) is 0 Å². The maximum absolute atomic E-state index is 0. The van der Waals surface area contributed by atoms with Gasteiger partial charge in [-0.1, -0.05) is 0 Å². The van der Waals surface area contributed by atoms with Crippen LogP contribution in [0.4, 0.5) is 0 Å². The molecule has 0 radical (unpaired) electrons. The Hall–Kier alpha value is 2.49. The molecule has 0 nitrogen and oxygen atoms in total. The van der Waals surface area contributed by atoms with Crippen LogP contribution >= 0.6 is 0 Å². The normalized spacial score (nSPS) is 0. The van der Waals surface area contributed by atoms with Crippen molar-refractivity contribution in [2.24, 2.45) is 0 Å². The molecule has 0 amide bonds. The van der Waals surface area contributed by atoms with Gasteiger partial charge in [-0.2, -0.15) is 0 Å². The summed E-state index contributed by atoms with van der Waals surface area (Å²) < 4.78 is 0. The second kappa shape index (κ2) is 1070. The first kappa shape index (κ1) is 1250. The van der Waals surface area contributed by atoms with Crippen molar-refractivity contribution < 1.29 is 77.9 Å². The van der Waals surface area contributed by atoms with Crippen molar-refractivity contribution in [3.05, 3.63) is 104 Å². The van der Waals surface area contributed by atoms with E-state index < -0.39 is 0 Å². The van der Waals surface area contributed by atoms with E-state index >= 15 is 0 Å². The van der Waals surface area contributed by atoms with Gasteiger partial charge in [0.2, 0.25) is 0 Å². The fourth-order valence-corrected chi connectivity index (χ4v) is 0. The fourth-order valence-electron chi connectivity index (χ4n) is 0. The van der Waals surface area contributed by atoms with E-state index in [0.717, 1.165) is 0 Å². The van der Waals surface area contributed by atoms with Crippen LogP contribution < -0.4 is 0 Å². The van der Waals surface area contributed by atoms with Gasteiger partial charge in [-0.05, 0) is 0 Å². The van der Waals surface area contributed by atoms with Crippen molar-refractivity contribution in [3.63, 3.8) is 0 Å². The Morgan fingerprint density at radius 3 is 0.167 bits per heavy atom. The van der Waals surface area contributed by atoms with Gasteiger partial charge in [0.05, 0.1) is 0 Å². The summed E-state index contributed by atoms with van der Waals surface area (Å²) in [6.07, 6.45) is 0. The molecule has 0 saturated heterocycles. The smallest absolute Gasteiger partial charge is 0.358 e. The molecule has 4 heteroatoms. The van der Waals surface area contributed by atoms with E-state index in [1.807, 2.05) is 0 Å². The van der Waals surface area contributed by atoms with Crippen LogP contribution in [0.15, 0.2) is 0 Å². The zero-order chi connectivity index (χ0) is 0. The van der Waals surface area contributed by atoms with Gasteiger partial charge in [0.1, 0.15) is 0 Å². The predicted octanol–water partition coefficient (Wildman–Crippen LogP) is 6.29. The third kappa shape index (κ3) is 910. The van der Waals surface area contributed by atoms with E-state index in [2.05, 4.69) is 0 Å². The first-order valence-corrected chi connectivity index (χ1v) is 0. The monoisotopic (exact) mass is 618 g/mol. The average molecular weight is 615 g/mol. The van der Waals surface area contributed by atoms with E-state index in [4.69, 9.17) is 0 Å². The third-order valence-electron chi connectivity index (χ3n) is 0. The molecule has 0 heterocycles. The largest absolute Gasteiger partial charge is 4.00 e. The third-order valence-corrected chi connectivity index (χ3v) is 0. The fraction of sp³-hybridized carbons (Fsp3) is 0. The Morgan fingerprint density at radius 2 is 0.167 bits per heavy atom. The molecule has 18 heavy (non-hydrogen) atoms. The van der Waals surface area contributed by atoms with Crippen LogP contribution in [0.2, 0.25) is 0 Å². The van der Waals surface area contributed by atoms with Crippen LogP contribution in [-0.4, -0.2) is 0 Å². The summed E-state index contributed by atoms with van der Waals surface area (Å²) in [5, 5.41) is 0. The van der Waals surface area contributed by atoms with Gasteiger partial charge >= 0.3 is 77.9 Å². The van der Waals surface area contributed by atoms with Crippen LogP contribution in [0.5, 0.6) is 0 Å². The number of rotatable bonds is 0. The van der Waals surface area contributed by atoms with Crippen LogP contribution in [0.1, 0.15) is 0 Å². The first-order chi connectivity index (χ1) is 0. The SMILES string of the molecule is [CH3-].[CH3-].[CH3-].[CH3-].[CH3-].[CH3-].[CH3-].[CH3-].[CH3-].[CH3-].[CH3-].[CH3-].[CH3-].[CH3-].[Ru+2].[Ru+4].[Ru+4].[Ru+4]. The van der Waals surface area contributed by atoms with Gasteiger partial charge in [0.15, 0.2) is 0 Å². The molecule has 0 aromatic rings. The standard InChI is InChI=1S/14CH3.4Ru/h14*1H3;;;;/q14*-1;+2;3*+4. The molecule has 0 fully saturated rings. The van der Waals surface area contributed by atoms with Crippen molar-refractivity contribution in [1.29, 1.82) is 0 Å². The van der Waals surface area contributed by atoms with E-state index in [0.29, 0.717) is 0 Å². The molecule has 0 saturated carbocycles. The van der Waals surface area contributed by atoms with Crippen molar-refractivity contribution >= 4 is 0 Å². The van der Waals surface area contributed by atoms with Crippen LogP contribution in [0.3, 0.4) is 0 Å². The van der Waals surface area contributed by atoms with E-state index in [9.17, 15) is 0 Å². The van der Waals surface area contributed by atoms with Gasteiger partial charge in [-0.25, -0.2) is 0 Å². The summed E-state index contributed by atoms with van der Waals surface area (Å²) in [7, 11) is 0. The Balaban J connectivity index is 0. The Morgan fingerprint density at radius 1 is 0.167 bits per heavy atom. The quantitative estimate of drug-likeness (QED) is 0.222. The summed E-state index contributed by atoms with van der Waals surface area (Å²) in [5.41, 5.74) is 0. The van der Waals surface area contributed by atoms with Gasteiger partial charge in [0.25, 0.3) is 0 Å². The molecule has 0 aliphatic carbocycles. The second-order valence-corrected chi connectivity index (χ2v) is 0. The summed E-state index contributed by atoms with van der Waals surface area (Å²) >= 11 is 0. The Kier molecular flexibility index (Phi) is 74600. The molecule has 0 aliphatic heterocycles. The molecule has 0 unspecified atom stereocenters. The second-order valence-electron chi connectivity index (χ2n) is 0. The molecule has 0 aromatic heterocycles. The van der Waals surface area contributed by atoms with E-state index in [1.54, 1.807) is 0 Å². The molecule has 0 aromatic carbocycles. The molecular formula is C14H42Ru4. The van der Waals surface area contributed by atoms with Gasteiger partial charge < -0.3 is 104 Å². The molecule has 0 N–H and O–H groups in total. The molecule has 0 atom stereocenters. The van der Waals surface area contributed by atoms with E-state index in [-0.39, 0.29) is 182 Å².